The Morgan fingerprint density at radius 1 is 1.03 bits per heavy atom. The molecule has 3 aromatic rings. The molecule has 0 spiro atoms. The first-order valence-corrected chi connectivity index (χ1v) is 14.0. The van der Waals surface area contributed by atoms with E-state index in [1.165, 1.54) is 74.6 Å². The van der Waals surface area contributed by atoms with Crippen molar-refractivity contribution >= 4 is 46.1 Å². The highest BCUT2D eigenvalue weighted by atomic mass is 35.5. The van der Waals surface area contributed by atoms with Crippen LogP contribution >= 0.6 is 23.2 Å². The number of aromatic amines is 1. The van der Waals surface area contributed by atoms with Crippen LogP contribution in [0.1, 0.15) is 55.6 Å². The number of H-pyrrole nitrogens is 1. The molecule has 2 atom stereocenters. The van der Waals surface area contributed by atoms with Crippen LogP contribution in [0.25, 0.3) is 17.0 Å². The molecule has 1 aromatic heterocycles. The molecule has 2 aliphatic rings. The maximum Gasteiger partial charge on any atom is 0.244 e. The van der Waals surface area contributed by atoms with E-state index in [2.05, 4.69) is 45.7 Å². The molecule has 0 radical (unpaired) electrons. The number of amides is 1. The molecule has 1 aliphatic heterocycles. The standard InChI is InChI=1S/C30H35Cl2N3O/c31-27-10-8-21(17-28(27)32)9-11-30(36)34-18-22-4-3-5-23(16-22)20-35-14-12-24(13-15-35)26-19-33-29-7-2-1-6-25(26)29/h1-2,6-11,17,19,22-24,33H,3-5,12-16,18,20H2,(H,34,36)/b11-9+/t22-,23+/m1/s1. The topological polar surface area (TPSA) is 48.1 Å². The molecular formula is C30H35Cl2N3O. The highest BCUT2D eigenvalue weighted by molar-refractivity contribution is 6.42. The van der Waals surface area contributed by atoms with Crippen molar-refractivity contribution in [3.8, 4) is 0 Å². The van der Waals surface area contributed by atoms with Crippen molar-refractivity contribution in [2.45, 2.75) is 44.4 Å². The van der Waals surface area contributed by atoms with E-state index < -0.39 is 0 Å². The zero-order valence-corrected chi connectivity index (χ0v) is 22.2. The molecule has 1 saturated carbocycles. The Kier molecular flexibility index (Phi) is 8.36. The number of hydrogen-bond acceptors (Lipinski definition) is 2. The number of fused-ring (bicyclic) bond motifs is 1. The van der Waals surface area contributed by atoms with Crippen molar-refractivity contribution in [3.63, 3.8) is 0 Å². The van der Waals surface area contributed by atoms with Crippen molar-refractivity contribution in [1.82, 2.24) is 15.2 Å². The average Bonchev–Trinajstić information content (AvgIpc) is 3.33. The highest BCUT2D eigenvalue weighted by Gasteiger charge is 2.27. The zero-order chi connectivity index (χ0) is 24.9. The highest BCUT2D eigenvalue weighted by Crippen LogP contribution is 2.35. The van der Waals surface area contributed by atoms with E-state index in [0.717, 1.165) is 18.0 Å². The van der Waals surface area contributed by atoms with Gasteiger partial charge in [0, 0.05) is 36.3 Å². The van der Waals surface area contributed by atoms with E-state index in [4.69, 9.17) is 23.2 Å². The van der Waals surface area contributed by atoms with Gasteiger partial charge >= 0.3 is 0 Å². The minimum Gasteiger partial charge on any atom is -0.361 e. The summed E-state index contributed by atoms with van der Waals surface area (Å²) in [6, 6.07) is 14.0. The summed E-state index contributed by atoms with van der Waals surface area (Å²) in [6.45, 7) is 4.31. The van der Waals surface area contributed by atoms with Crippen LogP contribution in [0.15, 0.2) is 54.7 Å². The van der Waals surface area contributed by atoms with Crippen molar-refractivity contribution < 1.29 is 4.79 Å². The van der Waals surface area contributed by atoms with Crippen molar-refractivity contribution in [3.05, 3.63) is 75.9 Å². The molecule has 190 valence electrons. The first-order valence-electron chi connectivity index (χ1n) is 13.2. The van der Waals surface area contributed by atoms with E-state index in [1.807, 2.05) is 6.07 Å². The van der Waals surface area contributed by atoms with Crippen LogP contribution in [-0.4, -0.2) is 42.0 Å². The second-order valence-corrected chi connectivity index (χ2v) is 11.3. The number of para-hydroxylation sites is 1. The van der Waals surface area contributed by atoms with Gasteiger partial charge in [-0.1, -0.05) is 53.9 Å². The number of hydrogen-bond donors (Lipinski definition) is 2. The van der Waals surface area contributed by atoms with E-state index in [1.54, 1.807) is 24.3 Å². The Balaban J connectivity index is 1.05. The smallest absolute Gasteiger partial charge is 0.244 e. The molecule has 6 heteroatoms. The van der Waals surface area contributed by atoms with Gasteiger partial charge in [0.2, 0.25) is 5.91 Å². The number of carbonyl (C=O) groups is 1. The van der Waals surface area contributed by atoms with Crippen LogP contribution in [0, 0.1) is 11.8 Å². The van der Waals surface area contributed by atoms with Crippen molar-refractivity contribution in [2.24, 2.45) is 11.8 Å². The zero-order valence-electron chi connectivity index (χ0n) is 20.7. The lowest BCUT2D eigenvalue weighted by molar-refractivity contribution is -0.116. The molecule has 4 nitrogen and oxygen atoms in total. The van der Waals surface area contributed by atoms with Crippen LogP contribution in [0.4, 0.5) is 0 Å². The summed E-state index contributed by atoms with van der Waals surface area (Å²) in [6.07, 6.45) is 13.0. The lowest BCUT2D eigenvalue weighted by Crippen LogP contribution is -2.39. The number of nitrogens with zero attached hydrogens (tertiary/aromatic N) is 1. The third-order valence-electron chi connectivity index (χ3n) is 7.99. The molecule has 2 fully saturated rings. The van der Waals surface area contributed by atoms with Gasteiger partial charge in [-0.3, -0.25) is 4.79 Å². The number of aromatic nitrogens is 1. The lowest BCUT2D eigenvalue weighted by Gasteiger charge is -2.37. The number of nitrogens with one attached hydrogen (secondary N) is 2. The second kappa shape index (κ2) is 11.9. The normalized spacial score (nSPS) is 21.8. The van der Waals surface area contributed by atoms with Gasteiger partial charge in [0.25, 0.3) is 0 Å². The molecule has 1 amide bonds. The fourth-order valence-corrected chi connectivity index (χ4v) is 6.38. The van der Waals surface area contributed by atoms with E-state index in [0.29, 0.717) is 21.9 Å². The van der Waals surface area contributed by atoms with Gasteiger partial charge in [0.1, 0.15) is 0 Å². The van der Waals surface area contributed by atoms with Gasteiger partial charge in [0.15, 0.2) is 0 Å². The number of carbonyl (C=O) groups excluding carboxylic acids is 1. The van der Waals surface area contributed by atoms with Gasteiger partial charge in [-0.25, -0.2) is 0 Å². The minimum absolute atomic E-state index is 0.0532. The van der Waals surface area contributed by atoms with Crippen LogP contribution in [-0.2, 0) is 4.79 Å². The number of likely N-dealkylation sites (tertiary alicyclic amines) is 1. The Morgan fingerprint density at radius 2 is 1.83 bits per heavy atom. The first kappa shape index (κ1) is 25.4. The third kappa shape index (κ3) is 6.34. The Labute approximate surface area is 224 Å². The summed E-state index contributed by atoms with van der Waals surface area (Å²) in [5, 5.41) is 5.51. The first-order chi connectivity index (χ1) is 17.5. The molecule has 5 rings (SSSR count). The van der Waals surface area contributed by atoms with Crippen LogP contribution in [0.5, 0.6) is 0 Å². The third-order valence-corrected chi connectivity index (χ3v) is 8.73. The summed E-state index contributed by atoms with van der Waals surface area (Å²) < 4.78 is 0. The summed E-state index contributed by atoms with van der Waals surface area (Å²) >= 11 is 12.0. The second-order valence-electron chi connectivity index (χ2n) is 10.5. The van der Waals surface area contributed by atoms with E-state index in [9.17, 15) is 4.79 Å². The number of rotatable bonds is 7. The van der Waals surface area contributed by atoms with Crippen LogP contribution < -0.4 is 5.32 Å². The number of benzene rings is 2. The fourth-order valence-electron chi connectivity index (χ4n) is 6.07. The molecule has 0 bridgehead atoms. The lowest BCUT2D eigenvalue weighted by atomic mass is 9.80. The maximum atomic E-state index is 12.4. The Hall–Kier alpha value is -2.27. The van der Waals surface area contributed by atoms with Gasteiger partial charge in [0.05, 0.1) is 10.0 Å². The molecule has 1 saturated heterocycles. The van der Waals surface area contributed by atoms with Crippen molar-refractivity contribution in [2.75, 3.05) is 26.2 Å². The van der Waals surface area contributed by atoms with Crippen LogP contribution in [0.3, 0.4) is 0 Å². The largest absolute Gasteiger partial charge is 0.361 e. The molecule has 2 aromatic carbocycles. The van der Waals surface area contributed by atoms with Crippen LogP contribution in [0.2, 0.25) is 10.0 Å². The molecule has 0 unspecified atom stereocenters. The number of halogens is 2. The summed E-state index contributed by atoms with van der Waals surface area (Å²) in [5.74, 6) is 1.90. The molecular weight excluding hydrogens is 489 g/mol. The monoisotopic (exact) mass is 523 g/mol. The maximum absolute atomic E-state index is 12.4. The van der Waals surface area contributed by atoms with Gasteiger partial charge in [-0.2, -0.15) is 0 Å². The summed E-state index contributed by atoms with van der Waals surface area (Å²) in [5.41, 5.74) is 3.61. The minimum atomic E-state index is -0.0532. The van der Waals surface area contributed by atoms with Gasteiger partial charge in [-0.05, 0) is 98.3 Å². The molecule has 1 aliphatic carbocycles. The van der Waals surface area contributed by atoms with Gasteiger partial charge in [-0.15, -0.1) is 0 Å². The quantitative estimate of drug-likeness (QED) is 0.319. The summed E-state index contributed by atoms with van der Waals surface area (Å²) in [4.78, 5) is 18.5. The predicted molar refractivity (Wildman–Crippen MR) is 151 cm³/mol. The van der Waals surface area contributed by atoms with E-state index >= 15 is 0 Å². The molecule has 2 heterocycles. The summed E-state index contributed by atoms with van der Waals surface area (Å²) in [7, 11) is 0. The van der Waals surface area contributed by atoms with Gasteiger partial charge < -0.3 is 15.2 Å². The Bertz CT molecular complexity index is 1210. The van der Waals surface area contributed by atoms with E-state index in [-0.39, 0.29) is 5.91 Å². The fraction of sp³-hybridized carbons (Fsp3) is 0.433. The predicted octanol–water partition coefficient (Wildman–Crippen LogP) is 7.29. The SMILES string of the molecule is O=C(/C=C/c1ccc(Cl)c(Cl)c1)NC[C@@H]1CCC[C@H](CN2CCC(c3c[nH]c4ccccc34)CC2)C1. The molecule has 36 heavy (non-hydrogen) atoms. The molecule has 2 N–H and O–H groups in total. The Morgan fingerprint density at radius 3 is 2.67 bits per heavy atom. The number of piperidine rings is 1. The van der Waals surface area contributed by atoms with Crippen molar-refractivity contribution in [1.29, 1.82) is 0 Å². The average molecular weight is 525 g/mol.